The van der Waals surface area contributed by atoms with Crippen LogP contribution < -0.4 is 0 Å². The maximum absolute atomic E-state index is 12.2. The number of piperidine rings is 1. The van der Waals surface area contributed by atoms with Crippen molar-refractivity contribution in [3.63, 3.8) is 0 Å². The molecule has 1 aromatic heterocycles. The van der Waals surface area contributed by atoms with E-state index in [1.807, 2.05) is 13.8 Å². The summed E-state index contributed by atoms with van der Waals surface area (Å²) in [7, 11) is 0. The quantitative estimate of drug-likeness (QED) is 0.659. The average Bonchev–Trinajstić information content (AvgIpc) is 2.83. The molecule has 1 atom stereocenters. The maximum Gasteiger partial charge on any atom is 0.273 e. The molecule has 0 spiro atoms. The molecule has 1 N–H and O–H groups in total. The van der Waals surface area contributed by atoms with E-state index in [9.17, 15) is 4.79 Å². The second kappa shape index (κ2) is 5.48. The van der Waals surface area contributed by atoms with Crippen LogP contribution in [0.15, 0.2) is 10.5 Å². The van der Waals surface area contributed by atoms with Crippen LogP contribution >= 0.6 is 11.3 Å². The van der Waals surface area contributed by atoms with E-state index in [0.29, 0.717) is 25.2 Å². The first-order valence-corrected chi connectivity index (χ1v) is 6.95. The Kier molecular flexibility index (Phi) is 3.96. The maximum atomic E-state index is 12.2. The molecule has 1 amide bonds. The van der Waals surface area contributed by atoms with Crippen molar-refractivity contribution in [2.45, 2.75) is 26.7 Å². The third-order valence-corrected chi connectivity index (χ3v) is 4.07. The van der Waals surface area contributed by atoms with Crippen LogP contribution in [0.25, 0.3) is 0 Å². The van der Waals surface area contributed by atoms with Gasteiger partial charge in [-0.25, -0.2) is 4.98 Å². The predicted molar refractivity (Wildman–Crippen MR) is 70.4 cm³/mol. The topological polar surface area (TPSA) is 65.8 Å². The largest absolute Gasteiger partial charge is 0.411 e. The predicted octanol–water partition coefficient (Wildman–Crippen LogP) is 2.15. The van der Waals surface area contributed by atoms with Crippen LogP contribution in [0.4, 0.5) is 0 Å². The van der Waals surface area contributed by atoms with E-state index in [4.69, 9.17) is 5.21 Å². The summed E-state index contributed by atoms with van der Waals surface area (Å²) in [5, 5.41) is 14.9. The summed E-state index contributed by atoms with van der Waals surface area (Å²) in [6.45, 7) is 5.15. The molecule has 1 unspecified atom stereocenters. The molecule has 1 aliphatic rings. The number of aromatic nitrogens is 1. The van der Waals surface area contributed by atoms with E-state index in [2.05, 4.69) is 10.1 Å². The minimum absolute atomic E-state index is 0.0187. The van der Waals surface area contributed by atoms with Crippen LogP contribution in [0, 0.1) is 12.8 Å². The molecule has 0 aliphatic carbocycles. The van der Waals surface area contributed by atoms with Gasteiger partial charge in [0.05, 0.1) is 10.7 Å². The molecular weight excluding hydrogens is 250 g/mol. The Hall–Kier alpha value is -1.43. The number of amides is 1. The van der Waals surface area contributed by atoms with Crippen molar-refractivity contribution in [2.24, 2.45) is 11.1 Å². The lowest BCUT2D eigenvalue weighted by Crippen LogP contribution is -2.44. The molecule has 1 aromatic rings. The molecule has 0 radical (unpaired) electrons. The van der Waals surface area contributed by atoms with Gasteiger partial charge in [0.2, 0.25) is 0 Å². The number of hydrogen-bond donors (Lipinski definition) is 1. The van der Waals surface area contributed by atoms with E-state index in [1.165, 1.54) is 11.3 Å². The van der Waals surface area contributed by atoms with E-state index in [-0.39, 0.29) is 11.8 Å². The molecular formula is C12H17N3O2S. The van der Waals surface area contributed by atoms with Crippen LogP contribution in [0.2, 0.25) is 0 Å². The zero-order valence-corrected chi connectivity index (χ0v) is 11.4. The van der Waals surface area contributed by atoms with E-state index < -0.39 is 0 Å². The van der Waals surface area contributed by atoms with Crippen molar-refractivity contribution in [1.82, 2.24) is 9.88 Å². The molecule has 2 heterocycles. The summed E-state index contributed by atoms with van der Waals surface area (Å²) in [5.41, 5.74) is 1.33. The third kappa shape index (κ3) is 2.53. The summed E-state index contributed by atoms with van der Waals surface area (Å²) in [6, 6.07) is 0. The minimum atomic E-state index is -0.0187. The lowest BCUT2D eigenvalue weighted by Gasteiger charge is -2.32. The molecule has 2 rings (SSSR count). The van der Waals surface area contributed by atoms with Crippen molar-refractivity contribution < 1.29 is 10.0 Å². The number of carbonyl (C=O) groups is 1. The molecule has 0 aromatic carbocycles. The van der Waals surface area contributed by atoms with E-state index >= 15 is 0 Å². The van der Waals surface area contributed by atoms with Gasteiger partial charge in [-0.3, -0.25) is 4.79 Å². The smallest absolute Gasteiger partial charge is 0.273 e. The molecule has 18 heavy (non-hydrogen) atoms. The number of aryl methyl sites for hydroxylation is 1. The number of hydrogen-bond acceptors (Lipinski definition) is 5. The molecule has 98 valence electrons. The number of carbonyl (C=O) groups excluding carboxylic acids is 1. The first-order chi connectivity index (χ1) is 8.65. The minimum Gasteiger partial charge on any atom is -0.411 e. The van der Waals surface area contributed by atoms with Gasteiger partial charge < -0.3 is 10.1 Å². The lowest BCUT2D eigenvalue weighted by atomic mass is 9.93. The highest BCUT2D eigenvalue weighted by atomic mass is 32.1. The SMILES string of the molecule is CCC1CN(C(=O)c2csc(C)n2)CCC1=NO. The normalized spacial score (nSPS) is 22.4. The summed E-state index contributed by atoms with van der Waals surface area (Å²) in [4.78, 5) is 18.3. The van der Waals surface area contributed by atoms with Gasteiger partial charge in [-0.2, -0.15) is 0 Å². The van der Waals surface area contributed by atoms with E-state index in [1.54, 1.807) is 10.3 Å². The standard InChI is InChI=1S/C12H17N3O2S/c1-3-9-6-15(5-4-10(9)14-17)12(16)11-7-18-8(2)13-11/h7,9,17H,3-6H2,1-2H3. The Morgan fingerprint density at radius 2 is 2.50 bits per heavy atom. The Morgan fingerprint density at radius 1 is 1.72 bits per heavy atom. The molecule has 1 saturated heterocycles. The zero-order valence-electron chi connectivity index (χ0n) is 10.6. The van der Waals surface area contributed by atoms with E-state index in [0.717, 1.165) is 17.1 Å². The summed E-state index contributed by atoms with van der Waals surface area (Å²) >= 11 is 1.49. The van der Waals surface area contributed by atoms with Gasteiger partial charge in [0.1, 0.15) is 5.69 Å². The van der Waals surface area contributed by atoms with Gasteiger partial charge in [-0.15, -0.1) is 11.3 Å². The van der Waals surface area contributed by atoms with Gasteiger partial charge in [0, 0.05) is 30.8 Å². The summed E-state index contributed by atoms with van der Waals surface area (Å²) in [6.07, 6.45) is 1.52. The van der Waals surface area contributed by atoms with Crippen LogP contribution in [-0.2, 0) is 0 Å². The monoisotopic (exact) mass is 267 g/mol. The van der Waals surface area contributed by atoms with Gasteiger partial charge in [0.15, 0.2) is 0 Å². The highest BCUT2D eigenvalue weighted by Gasteiger charge is 2.29. The molecule has 6 heteroatoms. The van der Waals surface area contributed by atoms with Crippen LogP contribution in [-0.4, -0.2) is 39.8 Å². The van der Waals surface area contributed by atoms with Crippen molar-refractivity contribution in [1.29, 1.82) is 0 Å². The second-order valence-corrected chi connectivity index (χ2v) is 5.51. The summed E-state index contributed by atoms with van der Waals surface area (Å²) < 4.78 is 0. The Morgan fingerprint density at radius 3 is 3.06 bits per heavy atom. The van der Waals surface area contributed by atoms with Crippen molar-refractivity contribution in [3.05, 3.63) is 16.1 Å². The first kappa shape index (κ1) is 13.0. The highest BCUT2D eigenvalue weighted by Crippen LogP contribution is 2.20. The summed E-state index contributed by atoms with van der Waals surface area (Å²) in [5.74, 6) is 0.141. The number of nitrogens with zero attached hydrogens (tertiary/aromatic N) is 3. The molecule has 1 aliphatic heterocycles. The first-order valence-electron chi connectivity index (χ1n) is 6.08. The third-order valence-electron chi connectivity index (χ3n) is 3.30. The van der Waals surface area contributed by atoms with Crippen LogP contribution in [0.3, 0.4) is 0 Å². The van der Waals surface area contributed by atoms with Crippen molar-refractivity contribution >= 4 is 23.0 Å². The number of likely N-dealkylation sites (tertiary alicyclic amines) is 1. The zero-order chi connectivity index (χ0) is 13.1. The van der Waals surface area contributed by atoms with Gasteiger partial charge in [-0.1, -0.05) is 12.1 Å². The Labute approximate surface area is 110 Å². The molecule has 0 saturated carbocycles. The molecule has 0 bridgehead atoms. The highest BCUT2D eigenvalue weighted by molar-refractivity contribution is 7.09. The Balaban J connectivity index is 2.09. The second-order valence-electron chi connectivity index (χ2n) is 4.45. The van der Waals surface area contributed by atoms with Crippen molar-refractivity contribution in [2.75, 3.05) is 13.1 Å². The molecule has 5 nitrogen and oxygen atoms in total. The molecule has 1 fully saturated rings. The Bertz CT molecular complexity index is 470. The fourth-order valence-electron chi connectivity index (χ4n) is 2.22. The van der Waals surface area contributed by atoms with Gasteiger partial charge in [0.25, 0.3) is 5.91 Å². The number of rotatable bonds is 2. The van der Waals surface area contributed by atoms with Gasteiger partial charge >= 0.3 is 0 Å². The van der Waals surface area contributed by atoms with Crippen LogP contribution in [0.5, 0.6) is 0 Å². The van der Waals surface area contributed by atoms with Crippen LogP contribution in [0.1, 0.15) is 35.3 Å². The fourth-order valence-corrected chi connectivity index (χ4v) is 2.81. The van der Waals surface area contributed by atoms with Crippen molar-refractivity contribution in [3.8, 4) is 0 Å². The number of oxime groups is 1. The fraction of sp³-hybridized carbons (Fsp3) is 0.583. The number of thiazole rings is 1. The van der Waals surface area contributed by atoms with Gasteiger partial charge in [-0.05, 0) is 13.3 Å². The lowest BCUT2D eigenvalue weighted by molar-refractivity contribution is 0.0723. The average molecular weight is 267 g/mol.